The van der Waals surface area contributed by atoms with Crippen LogP contribution in [0.4, 0.5) is 5.69 Å². The van der Waals surface area contributed by atoms with E-state index >= 15 is 0 Å². The van der Waals surface area contributed by atoms with Gasteiger partial charge in [0.1, 0.15) is 11.5 Å². The van der Waals surface area contributed by atoms with Gasteiger partial charge in [-0.1, -0.05) is 48.5 Å². The van der Waals surface area contributed by atoms with E-state index < -0.39 is 11.8 Å². The molecule has 2 aromatic carbocycles. The van der Waals surface area contributed by atoms with E-state index in [4.69, 9.17) is 4.42 Å². The molecule has 7 heteroatoms. The third kappa shape index (κ3) is 5.36. The maximum absolute atomic E-state index is 12.9. The lowest BCUT2D eigenvalue weighted by Crippen LogP contribution is -2.30. The predicted molar refractivity (Wildman–Crippen MR) is 117 cm³/mol. The summed E-state index contributed by atoms with van der Waals surface area (Å²) in [5.74, 6) is -0.438. The minimum Gasteiger partial charge on any atom is -0.465 e. The van der Waals surface area contributed by atoms with Crippen LogP contribution in [0, 0.1) is 0 Å². The van der Waals surface area contributed by atoms with Crippen molar-refractivity contribution in [1.82, 2.24) is 15.1 Å². The normalized spacial score (nSPS) is 11.2. The van der Waals surface area contributed by atoms with Gasteiger partial charge < -0.3 is 15.1 Å². The Morgan fingerprint density at radius 2 is 1.71 bits per heavy atom. The number of carbonyl (C=O) groups excluding carboxylic acids is 2. The van der Waals surface area contributed by atoms with Crippen LogP contribution in [0.5, 0.6) is 0 Å². The number of nitrogens with zero attached hydrogens (tertiary/aromatic N) is 2. The first kappa shape index (κ1) is 19.9. The minimum absolute atomic E-state index is 0.0552. The number of hydrogen-bond donors (Lipinski definition) is 2. The topological polar surface area (TPSA) is 89.2 Å². The van der Waals surface area contributed by atoms with Crippen LogP contribution in [0.3, 0.4) is 0 Å². The number of amides is 2. The fourth-order valence-electron chi connectivity index (χ4n) is 2.94. The predicted octanol–water partition coefficient (Wildman–Crippen LogP) is 3.93. The van der Waals surface area contributed by atoms with Crippen molar-refractivity contribution in [3.05, 3.63) is 114 Å². The molecular weight excluding hydrogens is 392 g/mol. The molecule has 4 rings (SSSR count). The zero-order chi connectivity index (χ0) is 21.5. The number of furan rings is 1. The fourth-order valence-corrected chi connectivity index (χ4v) is 2.94. The molecule has 2 amide bonds. The van der Waals surface area contributed by atoms with Crippen molar-refractivity contribution in [2.45, 2.75) is 6.54 Å². The van der Waals surface area contributed by atoms with Crippen molar-refractivity contribution in [3.8, 4) is 0 Å². The zero-order valence-electron chi connectivity index (χ0n) is 16.6. The molecule has 2 aromatic heterocycles. The molecule has 0 atom stereocenters. The highest BCUT2D eigenvalue weighted by Crippen LogP contribution is 2.12. The Kier molecular flexibility index (Phi) is 6.04. The third-order valence-electron chi connectivity index (χ3n) is 4.44. The first-order valence-corrected chi connectivity index (χ1v) is 9.67. The standard InChI is InChI=1S/C24H20N4O3/c29-23(19-10-5-2-6-11-19)27-22(14-21-12-7-13-31-21)24(30)26-20-15-25-28(17-20)16-18-8-3-1-4-9-18/h1-15,17H,16H2,(H,26,30)(H,27,29). The summed E-state index contributed by atoms with van der Waals surface area (Å²) in [6.07, 6.45) is 6.26. The molecule has 2 heterocycles. The van der Waals surface area contributed by atoms with Crippen LogP contribution in [0.15, 0.2) is 102 Å². The van der Waals surface area contributed by atoms with Gasteiger partial charge in [0.2, 0.25) is 0 Å². The summed E-state index contributed by atoms with van der Waals surface area (Å²) in [6.45, 7) is 0.580. The molecule has 0 aliphatic carbocycles. The quantitative estimate of drug-likeness (QED) is 0.450. The van der Waals surface area contributed by atoms with Crippen LogP contribution in [0.2, 0.25) is 0 Å². The summed E-state index contributed by atoms with van der Waals surface area (Å²) < 4.78 is 7.02. The van der Waals surface area contributed by atoms with Gasteiger partial charge in [-0.2, -0.15) is 5.10 Å². The second-order valence-corrected chi connectivity index (χ2v) is 6.76. The Hall–Kier alpha value is -4.39. The van der Waals surface area contributed by atoms with E-state index in [-0.39, 0.29) is 5.70 Å². The van der Waals surface area contributed by atoms with Crippen molar-refractivity contribution in [2.75, 3.05) is 5.32 Å². The average molecular weight is 412 g/mol. The molecule has 31 heavy (non-hydrogen) atoms. The molecule has 0 bridgehead atoms. The van der Waals surface area contributed by atoms with E-state index in [1.165, 1.54) is 12.3 Å². The lowest BCUT2D eigenvalue weighted by molar-refractivity contribution is -0.113. The van der Waals surface area contributed by atoms with Crippen LogP contribution < -0.4 is 10.6 Å². The highest BCUT2D eigenvalue weighted by Gasteiger charge is 2.16. The van der Waals surface area contributed by atoms with E-state index in [2.05, 4.69) is 15.7 Å². The van der Waals surface area contributed by atoms with Crippen LogP contribution in [-0.4, -0.2) is 21.6 Å². The van der Waals surface area contributed by atoms with Gasteiger partial charge in [0, 0.05) is 17.8 Å². The maximum atomic E-state index is 12.9. The summed E-state index contributed by atoms with van der Waals surface area (Å²) >= 11 is 0. The van der Waals surface area contributed by atoms with E-state index in [0.717, 1.165) is 5.56 Å². The average Bonchev–Trinajstić information content (AvgIpc) is 3.47. The first-order valence-electron chi connectivity index (χ1n) is 9.67. The first-order chi connectivity index (χ1) is 15.2. The van der Waals surface area contributed by atoms with Gasteiger partial charge in [0.05, 0.1) is 24.7 Å². The Bertz CT molecular complexity index is 1180. The number of rotatable bonds is 7. The zero-order valence-corrected chi connectivity index (χ0v) is 16.6. The molecule has 0 aliphatic rings. The monoisotopic (exact) mass is 412 g/mol. The molecule has 4 aromatic rings. The van der Waals surface area contributed by atoms with Crippen molar-refractivity contribution < 1.29 is 14.0 Å². The van der Waals surface area contributed by atoms with Gasteiger partial charge in [-0.15, -0.1) is 0 Å². The fraction of sp³-hybridized carbons (Fsp3) is 0.0417. The van der Waals surface area contributed by atoms with Crippen molar-refractivity contribution in [1.29, 1.82) is 0 Å². The lowest BCUT2D eigenvalue weighted by Gasteiger charge is -2.10. The molecule has 154 valence electrons. The molecule has 0 unspecified atom stereocenters. The molecule has 0 aliphatic heterocycles. The number of anilines is 1. The number of aromatic nitrogens is 2. The second-order valence-electron chi connectivity index (χ2n) is 6.76. The molecule has 7 nitrogen and oxygen atoms in total. The molecule has 0 fully saturated rings. The Morgan fingerprint density at radius 3 is 2.42 bits per heavy atom. The van der Waals surface area contributed by atoms with Gasteiger partial charge in [-0.05, 0) is 29.8 Å². The van der Waals surface area contributed by atoms with Gasteiger partial charge in [0.15, 0.2) is 0 Å². The third-order valence-corrected chi connectivity index (χ3v) is 4.44. The lowest BCUT2D eigenvalue weighted by atomic mass is 10.2. The Labute approximate surface area is 179 Å². The maximum Gasteiger partial charge on any atom is 0.272 e. The van der Waals surface area contributed by atoms with Crippen LogP contribution in [0.25, 0.3) is 6.08 Å². The van der Waals surface area contributed by atoms with Gasteiger partial charge in [-0.3, -0.25) is 14.3 Å². The smallest absolute Gasteiger partial charge is 0.272 e. The summed E-state index contributed by atoms with van der Waals surface area (Å²) in [6, 6.07) is 21.9. The van der Waals surface area contributed by atoms with Crippen LogP contribution >= 0.6 is 0 Å². The Balaban J connectivity index is 1.49. The van der Waals surface area contributed by atoms with Crippen molar-refractivity contribution >= 4 is 23.6 Å². The number of benzene rings is 2. The summed E-state index contributed by atoms with van der Waals surface area (Å²) in [7, 11) is 0. The second kappa shape index (κ2) is 9.41. The molecule has 0 saturated heterocycles. The summed E-state index contributed by atoms with van der Waals surface area (Å²) in [5, 5.41) is 9.72. The van der Waals surface area contributed by atoms with Gasteiger partial charge >= 0.3 is 0 Å². The van der Waals surface area contributed by atoms with Crippen molar-refractivity contribution in [3.63, 3.8) is 0 Å². The van der Waals surface area contributed by atoms with Crippen LogP contribution in [0.1, 0.15) is 21.7 Å². The van der Waals surface area contributed by atoms with E-state index in [0.29, 0.717) is 23.6 Å². The van der Waals surface area contributed by atoms with Crippen molar-refractivity contribution in [2.24, 2.45) is 0 Å². The summed E-state index contributed by atoms with van der Waals surface area (Å²) in [4.78, 5) is 25.5. The molecule has 0 spiro atoms. The Morgan fingerprint density at radius 1 is 0.968 bits per heavy atom. The SMILES string of the molecule is O=C(Nc1cnn(Cc2ccccc2)c1)C(=Cc1ccco1)NC(=O)c1ccccc1. The van der Waals surface area contributed by atoms with E-state index in [1.807, 2.05) is 36.4 Å². The van der Waals surface area contributed by atoms with Gasteiger partial charge in [0.25, 0.3) is 11.8 Å². The molecule has 2 N–H and O–H groups in total. The highest BCUT2D eigenvalue weighted by atomic mass is 16.3. The van der Waals surface area contributed by atoms with Crippen LogP contribution in [-0.2, 0) is 11.3 Å². The summed E-state index contributed by atoms with van der Waals surface area (Å²) in [5.41, 5.74) is 2.10. The largest absolute Gasteiger partial charge is 0.465 e. The number of carbonyl (C=O) groups is 2. The highest BCUT2D eigenvalue weighted by molar-refractivity contribution is 6.10. The molecule has 0 radical (unpaired) electrons. The van der Waals surface area contributed by atoms with Gasteiger partial charge in [-0.25, -0.2) is 0 Å². The van der Waals surface area contributed by atoms with E-state index in [1.54, 1.807) is 53.5 Å². The molecular formula is C24H20N4O3. The minimum atomic E-state index is -0.486. The number of hydrogen-bond acceptors (Lipinski definition) is 4. The molecule has 0 saturated carbocycles. The number of nitrogens with one attached hydrogen (secondary N) is 2. The van der Waals surface area contributed by atoms with E-state index in [9.17, 15) is 9.59 Å².